The maximum absolute atomic E-state index is 9.29. The molecule has 1 aromatic rings. The molecule has 0 aliphatic heterocycles. The van der Waals surface area contributed by atoms with Gasteiger partial charge >= 0.3 is 0 Å². The van der Waals surface area contributed by atoms with Crippen LogP contribution in [0.1, 0.15) is 45.6 Å². The number of ether oxygens (including phenoxy) is 1. The Morgan fingerprint density at radius 3 is 2.42 bits per heavy atom. The van der Waals surface area contributed by atoms with E-state index < -0.39 is 0 Å². The van der Waals surface area contributed by atoms with Crippen molar-refractivity contribution in [1.82, 2.24) is 0 Å². The molecule has 0 aromatic heterocycles. The monoisotopic (exact) mass is 262 g/mol. The van der Waals surface area contributed by atoms with Gasteiger partial charge in [0.05, 0.1) is 13.2 Å². The minimum absolute atomic E-state index is 0.118. The van der Waals surface area contributed by atoms with Crippen LogP contribution in [0, 0.1) is 5.92 Å². The molecule has 0 heterocycles. The predicted octanol–water partition coefficient (Wildman–Crippen LogP) is 4.29. The van der Waals surface area contributed by atoms with Gasteiger partial charge in [0.15, 0.2) is 0 Å². The molecule has 19 heavy (non-hydrogen) atoms. The number of hydrogen-bond donors (Lipinski definition) is 1. The van der Waals surface area contributed by atoms with Crippen LogP contribution in [-0.4, -0.2) is 18.3 Å². The summed E-state index contributed by atoms with van der Waals surface area (Å²) in [5.41, 5.74) is 2.16. The molecule has 0 unspecified atom stereocenters. The van der Waals surface area contributed by atoms with E-state index in [0.717, 1.165) is 29.9 Å². The molecule has 106 valence electrons. The van der Waals surface area contributed by atoms with Crippen LogP contribution in [0.4, 0.5) is 0 Å². The summed E-state index contributed by atoms with van der Waals surface area (Å²) in [6.45, 7) is 7.28. The zero-order valence-electron chi connectivity index (χ0n) is 12.4. The molecule has 1 N–H and O–H groups in total. The number of aliphatic hydroxyl groups excluding tert-OH is 1. The van der Waals surface area contributed by atoms with Gasteiger partial charge in [0, 0.05) is 0 Å². The minimum Gasteiger partial charge on any atom is -0.494 e. The average molecular weight is 262 g/mol. The molecular formula is C17H26O2. The van der Waals surface area contributed by atoms with E-state index >= 15 is 0 Å². The van der Waals surface area contributed by atoms with E-state index in [1.165, 1.54) is 12.8 Å². The third kappa shape index (κ3) is 5.93. The van der Waals surface area contributed by atoms with Crippen molar-refractivity contribution in [2.24, 2.45) is 5.92 Å². The Hall–Kier alpha value is -1.28. The number of unbranched alkanes of at least 4 members (excludes halogenated alkanes) is 2. The van der Waals surface area contributed by atoms with Gasteiger partial charge in [0.2, 0.25) is 0 Å². The molecule has 0 aliphatic rings. The molecule has 0 atom stereocenters. The fourth-order valence-electron chi connectivity index (χ4n) is 1.81. The molecule has 0 saturated carbocycles. The van der Waals surface area contributed by atoms with Gasteiger partial charge in [-0.2, -0.15) is 0 Å². The van der Waals surface area contributed by atoms with Gasteiger partial charge in [-0.15, -0.1) is 0 Å². The zero-order chi connectivity index (χ0) is 14.1. The fraction of sp³-hybridized carbons (Fsp3) is 0.529. The molecule has 2 heteroatoms. The second-order valence-electron chi connectivity index (χ2n) is 5.16. The van der Waals surface area contributed by atoms with Gasteiger partial charge in [0.1, 0.15) is 5.75 Å². The summed E-state index contributed by atoms with van der Waals surface area (Å²) in [6, 6.07) is 8.06. The van der Waals surface area contributed by atoms with Crippen LogP contribution in [0.15, 0.2) is 29.8 Å². The van der Waals surface area contributed by atoms with Crippen LogP contribution in [-0.2, 0) is 0 Å². The van der Waals surface area contributed by atoms with Gasteiger partial charge in [-0.05, 0) is 35.6 Å². The van der Waals surface area contributed by atoms with E-state index in [1.807, 2.05) is 30.3 Å². The van der Waals surface area contributed by atoms with Gasteiger partial charge in [-0.25, -0.2) is 0 Å². The topological polar surface area (TPSA) is 29.5 Å². The smallest absolute Gasteiger partial charge is 0.119 e. The van der Waals surface area contributed by atoms with Crippen molar-refractivity contribution in [3.05, 3.63) is 35.4 Å². The van der Waals surface area contributed by atoms with E-state index in [2.05, 4.69) is 20.8 Å². The third-order valence-corrected chi connectivity index (χ3v) is 3.17. The predicted molar refractivity (Wildman–Crippen MR) is 81.4 cm³/mol. The van der Waals surface area contributed by atoms with Crippen molar-refractivity contribution in [2.75, 3.05) is 13.2 Å². The Labute approximate surface area is 117 Å². The molecule has 2 nitrogen and oxygen atoms in total. The van der Waals surface area contributed by atoms with Crippen LogP contribution >= 0.6 is 0 Å². The van der Waals surface area contributed by atoms with Crippen molar-refractivity contribution >= 4 is 6.08 Å². The number of rotatable bonds is 8. The lowest BCUT2D eigenvalue weighted by molar-refractivity contribution is 0.306. The minimum atomic E-state index is 0.118. The Bertz CT molecular complexity index is 377. The third-order valence-electron chi connectivity index (χ3n) is 3.17. The van der Waals surface area contributed by atoms with Gasteiger partial charge in [-0.3, -0.25) is 0 Å². The first kappa shape index (κ1) is 15.8. The largest absolute Gasteiger partial charge is 0.494 e. The van der Waals surface area contributed by atoms with E-state index in [1.54, 1.807) is 0 Å². The van der Waals surface area contributed by atoms with Crippen LogP contribution in [0.5, 0.6) is 5.75 Å². The summed E-state index contributed by atoms with van der Waals surface area (Å²) in [5, 5.41) is 9.29. The highest BCUT2D eigenvalue weighted by Gasteiger charge is 2.02. The van der Waals surface area contributed by atoms with E-state index in [9.17, 15) is 5.11 Å². The van der Waals surface area contributed by atoms with Gasteiger partial charge in [0.25, 0.3) is 0 Å². The average Bonchev–Trinajstić information content (AvgIpc) is 2.42. The highest BCUT2D eigenvalue weighted by molar-refractivity contribution is 5.54. The van der Waals surface area contributed by atoms with Crippen LogP contribution < -0.4 is 4.74 Å². The highest BCUT2D eigenvalue weighted by atomic mass is 16.5. The summed E-state index contributed by atoms with van der Waals surface area (Å²) in [4.78, 5) is 0. The summed E-state index contributed by atoms with van der Waals surface area (Å²) in [7, 11) is 0. The lowest BCUT2D eigenvalue weighted by atomic mass is 10.0. The summed E-state index contributed by atoms with van der Waals surface area (Å²) in [6.07, 6.45) is 5.59. The molecule has 1 rings (SSSR count). The first-order valence-electron chi connectivity index (χ1n) is 7.21. The molecule has 1 aromatic carbocycles. The Morgan fingerprint density at radius 1 is 1.21 bits per heavy atom. The SMILES string of the molecule is CCCCCOc1ccc(C=C(CO)C(C)C)cc1. The van der Waals surface area contributed by atoms with Crippen LogP contribution in [0.2, 0.25) is 0 Å². The Kier molecular flexibility index (Phi) is 7.27. The molecule has 0 fully saturated rings. The van der Waals surface area contributed by atoms with E-state index in [4.69, 9.17) is 4.74 Å². The lowest BCUT2D eigenvalue weighted by Gasteiger charge is -2.09. The first-order chi connectivity index (χ1) is 9.17. The second kappa shape index (κ2) is 8.76. The highest BCUT2D eigenvalue weighted by Crippen LogP contribution is 2.17. The quantitative estimate of drug-likeness (QED) is 0.708. The number of benzene rings is 1. The second-order valence-corrected chi connectivity index (χ2v) is 5.16. The normalized spacial score (nSPS) is 11.9. The maximum atomic E-state index is 9.29. The van der Waals surface area contributed by atoms with Crippen molar-refractivity contribution < 1.29 is 9.84 Å². The molecule has 0 aliphatic carbocycles. The molecule has 0 amide bonds. The van der Waals surface area contributed by atoms with Crippen molar-refractivity contribution in [1.29, 1.82) is 0 Å². The number of hydrogen-bond acceptors (Lipinski definition) is 2. The van der Waals surface area contributed by atoms with Crippen molar-refractivity contribution in [2.45, 2.75) is 40.0 Å². The molecule has 0 spiro atoms. The maximum Gasteiger partial charge on any atom is 0.119 e. The summed E-state index contributed by atoms with van der Waals surface area (Å²) in [5.74, 6) is 1.29. The summed E-state index contributed by atoms with van der Waals surface area (Å²) >= 11 is 0. The van der Waals surface area contributed by atoms with Gasteiger partial charge in [-0.1, -0.05) is 51.8 Å². The lowest BCUT2D eigenvalue weighted by Crippen LogP contribution is -1.99. The number of aliphatic hydroxyl groups is 1. The molecule has 0 bridgehead atoms. The van der Waals surface area contributed by atoms with Gasteiger partial charge < -0.3 is 9.84 Å². The molecule has 0 saturated heterocycles. The molecular weight excluding hydrogens is 236 g/mol. The van der Waals surface area contributed by atoms with Crippen LogP contribution in [0.3, 0.4) is 0 Å². The van der Waals surface area contributed by atoms with E-state index in [-0.39, 0.29) is 6.61 Å². The Morgan fingerprint density at radius 2 is 1.89 bits per heavy atom. The Balaban J connectivity index is 2.56. The van der Waals surface area contributed by atoms with E-state index in [0.29, 0.717) is 5.92 Å². The molecule has 0 radical (unpaired) electrons. The standard InChI is InChI=1S/C17H26O2/c1-4-5-6-11-19-17-9-7-15(8-10-17)12-16(13-18)14(2)3/h7-10,12,14,18H,4-6,11,13H2,1-3H3. The summed E-state index contributed by atoms with van der Waals surface area (Å²) < 4.78 is 5.67. The fourth-order valence-corrected chi connectivity index (χ4v) is 1.81. The first-order valence-corrected chi connectivity index (χ1v) is 7.21. The zero-order valence-corrected chi connectivity index (χ0v) is 12.4. The van der Waals surface area contributed by atoms with Crippen molar-refractivity contribution in [3.63, 3.8) is 0 Å². The van der Waals surface area contributed by atoms with Crippen molar-refractivity contribution in [3.8, 4) is 5.75 Å². The van der Waals surface area contributed by atoms with Crippen LogP contribution in [0.25, 0.3) is 6.08 Å².